The maximum atomic E-state index is 11.3. The van der Waals surface area contributed by atoms with Gasteiger partial charge in [-0.05, 0) is 18.5 Å². The van der Waals surface area contributed by atoms with Gasteiger partial charge in [-0.15, -0.1) is 11.8 Å². The van der Waals surface area contributed by atoms with Crippen molar-refractivity contribution in [3.05, 3.63) is 15.8 Å². The molecule has 1 aromatic rings. The average molecular weight is 283 g/mol. The first-order valence-corrected chi connectivity index (χ1v) is 6.61. The van der Waals surface area contributed by atoms with E-state index in [0.717, 1.165) is 0 Å². The second-order valence-electron chi connectivity index (χ2n) is 3.39. The van der Waals surface area contributed by atoms with Gasteiger partial charge in [0.25, 0.3) is 0 Å². The number of carbonyl (C=O) groups excluding carboxylic acids is 1. The highest BCUT2D eigenvalue weighted by atomic mass is 32.2. The second-order valence-corrected chi connectivity index (χ2v) is 4.55. The van der Waals surface area contributed by atoms with E-state index in [-0.39, 0.29) is 5.49 Å². The Kier molecular flexibility index (Phi) is 4.69. The number of hydrogen-bond donors (Lipinski definition) is 1. The maximum Gasteiger partial charge on any atom is 0.342 e. The molecule has 6 nitrogen and oxygen atoms in total. The Bertz CT molecular complexity index is 650. The molecule has 0 aromatic carbocycles. The molecule has 2 amide bonds. The van der Waals surface area contributed by atoms with E-state index in [0.29, 0.717) is 15.4 Å². The van der Waals surface area contributed by atoms with Crippen molar-refractivity contribution in [2.75, 3.05) is 13.3 Å². The molecule has 0 atom stereocenters. The molecule has 0 bridgehead atoms. The van der Waals surface area contributed by atoms with Crippen molar-refractivity contribution in [2.24, 2.45) is 19.1 Å². The van der Waals surface area contributed by atoms with Gasteiger partial charge < -0.3 is 14.5 Å². The Morgan fingerprint density at radius 2 is 2.11 bits per heavy atom. The summed E-state index contributed by atoms with van der Waals surface area (Å²) in [4.78, 5) is 15.2. The number of urea groups is 1. The minimum absolute atomic E-state index is 0.268. The van der Waals surface area contributed by atoms with Crippen molar-refractivity contribution in [3.8, 4) is 6.07 Å². The van der Waals surface area contributed by atoms with Gasteiger partial charge in [0.1, 0.15) is 11.6 Å². The summed E-state index contributed by atoms with van der Waals surface area (Å²) in [6.45, 7) is 0. The lowest BCUT2D eigenvalue weighted by atomic mass is 10.3. The Balaban J connectivity index is 3.88. The van der Waals surface area contributed by atoms with Crippen molar-refractivity contribution in [3.63, 3.8) is 0 Å². The third-order valence-corrected chi connectivity index (χ3v) is 3.77. The number of hydrogen-bond acceptors (Lipinski definition) is 4. The Hall–Kier alpha value is -1.59. The van der Waals surface area contributed by atoms with Gasteiger partial charge in [-0.2, -0.15) is 10.3 Å². The molecule has 0 radical (unpaired) electrons. The highest BCUT2D eigenvalue weighted by Crippen LogP contribution is 2.16. The number of amides is 2. The van der Waals surface area contributed by atoms with Crippen LogP contribution in [-0.4, -0.2) is 28.5 Å². The molecule has 18 heavy (non-hydrogen) atoms. The Morgan fingerprint density at radius 1 is 1.50 bits per heavy atom. The topological polar surface area (TPSA) is 75.1 Å². The first kappa shape index (κ1) is 14.5. The number of nitrogens with zero attached hydrogens (tertiary/aromatic N) is 4. The maximum absolute atomic E-state index is 11.3. The Morgan fingerprint density at radius 3 is 2.56 bits per heavy atom. The highest BCUT2D eigenvalue weighted by Gasteiger charge is 2.12. The summed E-state index contributed by atoms with van der Waals surface area (Å²) < 4.78 is 3.76. The third kappa shape index (κ3) is 2.47. The summed E-state index contributed by atoms with van der Waals surface area (Å²) in [5.41, 5.74) is 0.606. The van der Waals surface area contributed by atoms with Crippen molar-refractivity contribution in [2.45, 2.75) is 5.03 Å². The van der Waals surface area contributed by atoms with Crippen LogP contribution in [0.1, 0.15) is 5.56 Å². The van der Waals surface area contributed by atoms with Gasteiger partial charge in [0, 0.05) is 21.1 Å². The molecule has 0 saturated heterocycles. The van der Waals surface area contributed by atoms with Crippen molar-refractivity contribution < 1.29 is 4.79 Å². The van der Waals surface area contributed by atoms with Gasteiger partial charge >= 0.3 is 6.03 Å². The first-order valence-electron chi connectivity index (χ1n) is 4.98. The summed E-state index contributed by atoms with van der Waals surface area (Å²) in [5, 5.41) is 12.3. The van der Waals surface area contributed by atoms with E-state index in [1.165, 1.54) is 18.8 Å². The zero-order valence-electron chi connectivity index (χ0n) is 10.5. The number of thioether (sulfide) groups is 1. The number of nitrogens with one attached hydrogen (secondary N) is 1. The zero-order valence-corrected chi connectivity index (χ0v) is 12.1. The van der Waals surface area contributed by atoms with Crippen LogP contribution in [0.3, 0.4) is 0 Å². The molecule has 0 unspecified atom stereocenters. The Labute approximate surface area is 114 Å². The van der Waals surface area contributed by atoms with Gasteiger partial charge in [-0.25, -0.2) is 4.79 Å². The van der Waals surface area contributed by atoms with E-state index < -0.39 is 6.03 Å². The van der Waals surface area contributed by atoms with Crippen LogP contribution in [0.4, 0.5) is 4.79 Å². The predicted molar refractivity (Wildman–Crippen MR) is 71.7 cm³/mol. The normalized spacial score (nSPS) is 11.2. The molecule has 0 aliphatic carbocycles. The van der Waals surface area contributed by atoms with Crippen LogP contribution in [-0.2, 0) is 14.1 Å². The van der Waals surface area contributed by atoms with Crippen LogP contribution < -0.4 is 10.8 Å². The van der Waals surface area contributed by atoms with Crippen molar-refractivity contribution in [1.82, 2.24) is 14.5 Å². The van der Waals surface area contributed by atoms with Crippen LogP contribution in [0.15, 0.2) is 10.0 Å². The number of nitriles is 1. The number of aromatic nitrogens is 2. The average Bonchev–Trinajstić information content (AvgIpc) is 2.38. The lowest BCUT2D eigenvalue weighted by molar-refractivity contribution is 0.250. The minimum Gasteiger partial charge on any atom is -0.339 e. The van der Waals surface area contributed by atoms with Crippen LogP contribution in [0.5, 0.6) is 0 Å². The lowest BCUT2D eigenvalue weighted by Crippen LogP contribution is -2.30. The molecule has 0 fully saturated rings. The van der Waals surface area contributed by atoms with Gasteiger partial charge in [0.15, 0.2) is 10.3 Å². The van der Waals surface area contributed by atoms with E-state index in [4.69, 9.17) is 12.2 Å². The molecule has 1 aromatic heterocycles. The van der Waals surface area contributed by atoms with Gasteiger partial charge in [-0.3, -0.25) is 0 Å². The molecule has 1 heterocycles. The zero-order chi connectivity index (χ0) is 13.9. The SMILES string of the molecule is CNC(=O)N=c1c(C#N)c(SC)n(C)c(=S)n1C. The molecule has 0 saturated carbocycles. The molecule has 8 heteroatoms. The van der Waals surface area contributed by atoms with Gasteiger partial charge in [0.05, 0.1) is 5.03 Å². The predicted octanol–water partition coefficient (Wildman–Crippen LogP) is 0.927. The lowest BCUT2D eigenvalue weighted by Gasteiger charge is -2.12. The van der Waals surface area contributed by atoms with E-state index in [2.05, 4.69) is 16.4 Å². The summed E-state index contributed by atoms with van der Waals surface area (Å²) in [7, 11) is 4.93. The molecule has 0 spiro atoms. The standard InChI is InChI=1S/C10H13N5OS2/c1-12-9(16)13-7-6(5-11)8(18-4)15(3)10(17)14(7)2/h1-4H3,(H,12,16). The highest BCUT2D eigenvalue weighted by molar-refractivity contribution is 7.98. The largest absolute Gasteiger partial charge is 0.342 e. The van der Waals surface area contributed by atoms with Crippen LogP contribution in [0.25, 0.3) is 0 Å². The van der Waals surface area contributed by atoms with Gasteiger partial charge in [0.2, 0.25) is 0 Å². The van der Waals surface area contributed by atoms with E-state index in [9.17, 15) is 10.1 Å². The number of carbonyl (C=O) groups is 1. The molecule has 1 rings (SSSR count). The second kappa shape index (κ2) is 5.84. The molecular weight excluding hydrogens is 270 g/mol. The smallest absolute Gasteiger partial charge is 0.339 e. The summed E-state index contributed by atoms with van der Waals surface area (Å²) in [6.07, 6.45) is 1.84. The molecule has 0 aliphatic heterocycles. The van der Waals surface area contributed by atoms with E-state index in [1.807, 2.05) is 6.26 Å². The van der Waals surface area contributed by atoms with Gasteiger partial charge in [-0.1, -0.05) is 0 Å². The fraction of sp³-hybridized carbons (Fsp3) is 0.400. The first-order chi connectivity index (χ1) is 8.47. The number of rotatable bonds is 1. The van der Waals surface area contributed by atoms with Crippen LogP contribution in [0, 0.1) is 16.1 Å². The molecule has 0 aliphatic rings. The molecular formula is C10H13N5OS2. The summed E-state index contributed by atoms with van der Waals surface area (Å²) in [6, 6.07) is 1.55. The molecule has 1 N–H and O–H groups in total. The fourth-order valence-electron chi connectivity index (χ4n) is 1.45. The third-order valence-electron chi connectivity index (χ3n) is 2.36. The van der Waals surface area contributed by atoms with Crippen molar-refractivity contribution in [1.29, 1.82) is 5.26 Å². The summed E-state index contributed by atoms with van der Waals surface area (Å²) >= 11 is 6.63. The quantitative estimate of drug-likeness (QED) is 0.472. The van der Waals surface area contributed by atoms with Crippen molar-refractivity contribution >= 4 is 30.0 Å². The fourth-order valence-corrected chi connectivity index (χ4v) is 2.39. The minimum atomic E-state index is -0.516. The van der Waals surface area contributed by atoms with Crippen LogP contribution >= 0.6 is 24.0 Å². The van der Waals surface area contributed by atoms with Crippen LogP contribution in [0.2, 0.25) is 0 Å². The van der Waals surface area contributed by atoms with E-state index >= 15 is 0 Å². The van der Waals surface area contributed by atoms with E-state index in [1.54, 1.807) is 23.2 Å². The summed E-state index contributed by atoms with van der Waals surface area (Å²) in [5.74, 6) is 0. The molecule has 96 valence electrons. The monoisotopic (exact) mass is 283 g/mol.